The highest BCUT2D eigenvalue weighted by Crippen LogP contribution is 2.22. The van der Waals surface area contributed by atoms with Crippen LogP contribution in [0.5, 0.6) is 5.75 Å². The van der Waals surface area contributed by atoms with Gasteiger partial charge >= 0.3 is 0 Å². The standard InChI is InChI=1S/C21H25N3O4/c1-16(2)15-28-20-5-3-4-17(14-20)21(25)23-12-10-22(11-13-23)18-6-8-19(9-7-18)24(26)27/h3-9,14,16H,10-13,15H2,1-2H3. The van der Waals surface area contributed by atoms with Gasteiger partial charge in [-0.1, -0.05) is 19.9 Å². The molecule has 1 saturated heterocycles. The van der Waals surface area contributed by atoms with Crippen LogP contribution in [0.1, 0.15) is 24.2 Å². The van der Waals surface area contributed by atoms with E-state index >= 15 is 0 Å². The monoisotopic (exact) mass is 383 g/mol. The van der Waals surface area contributed by atoms with Crippen LogP contribution in [0.3, 0.4) is 0 Å². The Bertz CT molecular complexity index is 828. The van der Waals surface area contributed by atoms with Gasteiger partial charge < -0.3 is 14.5 Å². The summed E-state index contributed by atoms with van der Waals surface area (Å²) in [7, 11) is 0. The number of ether oxygens (including phenoxy) is 1. The molecule has 2 aromatic carbocycles. The number of hydrogen-bond donors (Lipinski definition) is 0. The van der Waals surface area contributed by atoms with Crippen molar-refractivity contribution in [2.45, 2.75) is 13.8 Å². The predicted octanol–water partition coefficient (Wildman–Crippen LogP) is 3.59. The molecule has 0 bridgehead atoms. The number of amides is 1. The number of hydrogen-bond acceptors (Lipinski definition) is 5. The summed E-state index contributed by atoms with van der Waals surface area (Å²) >= 11 is 0. The molecule has 3 rings (SSSR count). The van der Waals surface area contributed by atoms with Gasteiger partial charge in [0, 0.05) is 49.6 Å². The molecule has 7 nitrogen and oxygen atoms in total. The van der Waals surface area contributed by atoms with Crippen molar-refractivity contribution in [3.63, 3.8) is 0 Å². The Labute approximate surface area is 164 Å². The van der Waals surface area contributed by atoms with Gasteiger partial charge in [0.15, 0.2) is 0 Å². The highest BCUT2D eigenvalue weighted by atomic mass is 16.6. The first-order valence-electron chi connectivity index (χ1n) is 9.45. The van der Waals surface area contributed by atoms with Crippen LogP contribution in [0.15, 0.2) is 48.5 Å². The number of anilines is 1. The summed E-state index contributed by atoms with van der Waals surface area (Å²) in [5.74, 6) is 1.13. The van der Waals surface area contributed by atoms with Gasteiger partial charge in [0.2, 0.25) is 0 Å². The fourth-order valence-corrected chi connectivity index (χ4v) is 3.12. The first-order chi connectivity index (χ1) is 13.4. The summed E-state index contributed by atoms with van der Waals surface area (Å²) in [4.78, 5) is 27.2. The summed E-state index contributed by atoms with van der Waals surface area (Å²) in [5, 5.41) is 10.8. The third-order valence-electron chi connectivity index (χ3n) is 4.66. The molecule has 1 amide bonds. The van der Waals surface area contributed by atoms with Crippen LogP contribution in [-0.4, -0.2) is 48.5 Å². The SMILES string of the molecule is CC(C)COc1cccc(C(=O)N2CCN(c3ccc([N+](=O)[O-])cc3)CC2)c1. The summed E-state index contributed by atoms with van der Waals surface area (Å²) in [5.41, 5.74) is 1.64. The van der Waals surface area contributed by atoms with Crippen LogP contribution in [0.4, 0.5) is 11.4 Å². The van der Waals surface area contributed by atoms with E-state index in [-0.39, 0.29) is 11.6 Å². The molecular formula is C21H25N3O4. The topological polar surface area (TPSA) is 75.9 Å². The van der Waals surface area contributed by atoms with E-state index in [0.717, 1.165) is 5.69 Å². The summed E-state index contributed by atoms with van der Waals surface area (Å²) < 4.78 is 5.72. The number of non-ortho nitro benzene ring substituents is 1. The lowest BCUT2D eigenvalue weighted by Crippen LogP contribution is -2.48. The quantitative estimate of drug-likeness (QED) is 0.563. The largest absolute Gasteiger partial charge is 0.493 e. The van der Waals surface area contributed by atoms with Crippen LogP contribution < -0.4 is 9.64 Å². The molecule has 0 aromatic heterocycles. The third-order valence-corrected chi connectivity index (χ3v) is 4.66. The lowest BCUT2D eigenvalue weighted by molar-refractivity contribution is -0.384. The lowest BCUT2D eigenvalue weighted by Gasteiger charge is -2.36. The fraction of sp³-hybridized carbons (Fsp3) is 0.381. The number of benzene rings is 2. The molecule has 7 heteroatoms. The van der Waals surface area contributed by atoms with E-state index in [1.54, 1.807) is 18.2 Å². The third kappa shape index (κ3) is 4.79. The Kier molecular flexibility index (Phi) is 6.13. The summed E-state index contributed by atoms with van der Waals surface area (Å²) in [6.07, 6.45) is 0. The molecule has 1 heterocycles. The number of nitro groups is 1. The minimum atomic E-state index is -0.403. The Hall–Kier alpha value is -3.09. The highest BCUT2D eigenvalue weighted by Gasteiger charge is 2.23. The van der Waals surface area contributed by atoms with Crippen molar-refractivity contribution in [2.75, 3.05) is 37.7 Å². The molecule has 0 atom stereocenters. The van der Waals surface area contributed by atoms with Crippen molar-refractivity contribution < 1.29 is 14.5 Å². The minimum absolute atomic E-state index is 0.00153. The minimum Gasteiger partial charge on any atom is -0.493 e. The van der Waals surface area contributed by atoms with Crippen molar-refractivity contribution in [1.29, 1.82) is 0 Å². The van der Waals surface area contributed by atoms with Crippen LogP contribution in [0.2, 0.25) is 0 Å². The number of nitrogens with zero attached hydrogens (tertiary/aromatic N) is 3. The molecule has 148 valence electrons. The van der Waals surface area contributed by atoms with Gasteiger partial charge in [-0.25, -0.2) is 0 Å². The number of nitro benzene ring substituents is 1. The van der Waals surface area contributed by atoms with Gasteiger partial charge in [-0.05, 0) is 36.2 Å². The van der Waals surface area contributed by atoms with Crippen LogP contribution in [0, 0.1) is 16.0 Å². The number of piperazine rings is 1. The van der Waals surface area contributed by atoms with Gasteiger partial charge in [-0.3, -0.25) is 14.9 Å². The van der Waals surface area contributed by atoms with E-state index in [9.17, 15) is 14.9 Å². The maximum atomic E-state index is 12.8. The highest BCUT2D eigenvalue weighted by molar-refractivity contribution is 5.94. The van der Waals surface area contributed by atoms with Gasteiger partial charge in [0.1, 0.15) is 5.75 Å². The Morgan fingerprint density at radius 2 is 1.79 bits per heavy atom. The molecule has 0 N–H and O–H groups in total. The molecule has 0 unspecified atom stereocenters. The fourth-order valence-electron chi connectivity index (χ4n) is 3.12. The number of carbonyl (C=O) groups is 1. The van der Waals surface area contributed by atoms with E-state index < -0.39 is 4.92 Å². The van der Waals surface area contributed by atoms with Crippen molar-refractivity contribution >= 4 is 17.3 Å². The van der Waals surface area contributed by atoms with E-state index in [1.807, 2.05) is 23.1 Å². The maximum Gasteiger partial charge on any atom is 0.269 e. The van der Waals surface area contributed by atoms with Crippen molar-refractivity contribution in [3.8, 4) is 5.75 Å². The molecule has 0 radical (unpaired) electrons. The lowest BCUT2D eigenvalue weighted by atomic mass is 10.1. The normalized spacial score (nSPS) is 14.2. The predicted molar refractivity (Wildman–Crippen MR) is 108 cm³/mol. The van der Waals surface area contributed by atoms with Crippen LogP contribution >= 0.6 is 0 Å². The Morgan fingerprint density at radius 1 is 1.11 bits per heavy atom. The first kappa shape index (κ1) is 19.7. The molecule has 1 aliphatic heterocycles. The van der Waals surface area contributed by atoms with Crippen molar-refractivity contribution in [2.24, 2.45) is 5.92 Å². The average Bonchev–Trinajstić information content (AvgIpc) is 2.72. The van der Waals surface area contributed by atoms with Gasteiger partial charge in [0.05, 0.1) is 11.5 Å². The second kappa shape index (κ2) is 8.73. The van der Waals surface area contributed by atoms with E-state index in [1.165, 1.54) is 12.1 Å². The Balaban J connectivity index is 1.59. The molecule has 0 aliphatic carbocycles. The molecule has 1 aliphatic rings. The molecule has 1 fully saturated rings. The van der Waals surface area contributed by atoms with E-state index in [4.69, 9.17) is 4.74 Å². The average molecular weight is 383 g/mol. The zero-order valence-corrected chi connectivity index (χ0v) is 16.2. The van der Waals surface area contributed by atoms with E-state index in [0.29, 0.717) is 50.0 Å². The number of rotatable bonds is 6. The second-order valence-corrected chi connectivity index (χ2v) is 7.29. The zero-order valence-electron chi connectivity index (χ0n) is 16.2. The van der Waals surface area contributed by atoms with Crippen LogP contribution in [-0.2, 0) is 0 Å². The first-order valence-corrected chi connectivity index (χ1v) is 9.45. The smallest absolute Gasteiger partial charge is 0.269 e. The molecule has 0 saturated carbocycles. The van der Waals surface area contributed by atoms with Crippen LogP contribution in [0.25, 0.3) is 0 Å². The van der Waals surface area contributed by atoms with Gasteiger partial charge in [-0.15, -0.1) is 0 Å². The molecule has 2 aromatic rings. The van der Waals surface area contributed by atoms with Crippen molar-refractivity contribution in [3.05, 3.63) is 64.2 Å². The van der Waals surface area contributed by atoms with Gasteiger partial charge in [-0.2, -0.15) is 0 Å². The maximum absolute atomic E-state index is 12.8. The zero-order chi connectivity index (χ0) is 20.1. The van der Waals surface area contributed by atoms with Crippen molar-refractivity contribution in [1.82, 2.24) is 4.90 Å². The number of carbonyl (C=O) groups excluding carboxylic acids is 1. The summed E-state index contributed by atoms with van der Waals surface area (Å²) in [6, 6.07) is 13.9. The molecule has 28 heavy (non-hydrogen) atoms. The van der Waals surface area contributed by atoms with E-state index in [2.05, 4.69) is 18.7 Å². The van der Waals surface area contributed by atoms with Gasteiger partial charge in [0.25, 0.3) is 11.6 Å². The Morgan fingerprint density at radius 3 is 2.39 bits per heavy atom. The summed E-state index contributed by atoms with van der Waals surface area (Å²) in [6.45, 7) is 7.37. The molecule has 0 spiro atoms. The second-order valence-electron chi connectivity index (χ2n) is 7.29. The molecular weight excluding hydrogens is 358 g/mol.